The van der Waals surface area contributed by atoms with Crippen LogP contribution in [0, 0.1) is 0 Å². The van der Waals surface area contributed by atoms with Gasteiger partial charge in [0.15, 0.2) is 23.0 Å². The molecule has 0 atom stereocenters. The zero-order valence-electron chi connectivity index (χ0n) is 79.7. The predicted molar refractivity (Wildman–Crippen MR) is 476 cm³/mol. The minimum absolute atomic E-state index is 0.0386. The highest BCUT2D eigenvalue weighted by atomic mass is 16.6. The first-order valence-electron chi connectivity index (χ1n) is 44.3. The number of ether oxygens (including phenoxy) is 26. The highest BCUT2D eigenvalue weighted by molar-refractivity contribution is 5.74. The lowest BCUT2D eigenvalue weighted by molar-refractivity contribution is -0.148. The number of aliphatic carboxylic acids is 4. The van der Waals surface area contributed by atoms with Crippen molar-refractivity contribution in [1.82, 2.24) is 14.7 Å². The van der Waals surface area contributed by atoms with E-state index < -0.39 is 69.2 Å². The van der Waals surface area contributed by atoms with E-state index in [2.05, 4.69) is 0 Å². The molecule has 0 aliphatic carbocycles. The summed E-state index contributed by atoms with van der Waals surface area (Å²) in [7, 11) is 0. The summed E-state index contributed by atoms with van der Waals surface area (Å²) in [4.78, 5) is 65.3. The highest BCUT2D eigenvalue weighted by Crippen LogP contribution is 2.42. The second-order valence-electron chi connectivity index (χ2n) is 34.1. The first kappa shape index (κ1) is 117. The molecule has 0 heterocycles. The Kier molecular flexibility index (Phi) is 61.6. The van der Waals surface area contributed by atoms with Crippen LogP contribution in [0.25, 0.3) is 0 Å². The number of rotatable bonds is 83. The van der Waals surface area contributed by atoms with Gasteiger partial charge in [-0.25, -0.2) is 0 Å². The monoisotopic (exact) mass is 1860 g/mol. The Bertz CT molecular complexity index is 3400. The number of nitrogens with zero attached hydrogens (tertiary/aromatic N) is 3. The van der Waals surface area contributed by atoms with E-state index in [4.69, 9.17) is 123 Å². The lowest BCUT2D eigenvalue weighted by Gasteiger charge is -2.27. The summed E-state index contributed by atoms with van der Waals surface area (Å²) < 4.78 is 157. The van der Waals surface area contributed by atoms with Gasteiger partial charge in [0.1, 0.15) is 71.0 Å². The Morgan fingerprint density at radius 1 is 0.246 bits per heavy atom. The van der Waals surface area contributed by atoms with Crippen molar-refractivity contribution in [3.8, 4) is 46.0 Å². The molecule has 3 aromatic rings. The van der Waals surface area contributed by atoms with Crippen molar-refractivity contribution in [2.24, 2.45) is 0 Å². The fraction of sp³-hybridized carbons (Fsp3) is 0.747. The van der Waals surface area contributed by atoms with Crippen LogP contribution in [0.5, 0.6) is 46.0 Å². The topological polar surface area (TPSA) is 436 Å². The maximum atomic E-state index is 14.0. The quantitative estimate of drug-likeness (QED) is 0.0267. The molecule has 130 heavy (non-hydrogen) atoms. The Labute approximate surface area is 767 Å². The predicted octanol–water partition coefficient (Wildman–Crippen LogP) is 7.67. The number of carboxylic acid groups (broad SMARTS) is 4. The zero-order valence-corrected chi connectivity index (χ0v) is 79.7. The van der Waals surface area contributed by atoms with Crippen molar-refractivity contribution in [3.05, 3.63) is 59.2 Å². The van der Waals surface area contributed by atoms with E-state index in [1.165, 1.54) is 9.80 Å². The molecule has 0 saturated carbocycles. The van der Waals surface area contributed by atoms with Gasteiger partial charge in [0, 0.05) is 32.2 Å². The molecule has 0 spiro atoms. The molecule has 0 amide bonds. The summed E-state index contributed by atoms with van der Waals surface area (Å²) in [6.45, 7) is 33.7. The minimum atomic E-state index is -1.32. The fourth-order valence-corrected chi connectivity index (χ4v) is 11.1. The normalized spacial score (nSPS) is 12.2. The summed E-state index contributed by atoms with van der Waals surface area (Å²) in [5.74, 6) is -4.13. The molecule has 0 bridgehead atoms. The van der Waals surface area contributed by atoms with Crippen LogP contribution in [0.15, 0.2) is 42.5 Å². The van der Waals surface area contributed by atoms with Gasteiger partial charge >= 0.3 is 29.8 Å². The molecule has 0 aliphatic heterocycles. The third-order valence-corrected chi connectivity index (χ3v) is 16.7. The van der Waals surface area contributed by atoms with Crippen LogP contribution in [0.2, 0.25) is 0 Å². The van der Waals surface area contributed by atoms with Crippen molar-refractivity contribution >= 4 is 29.8 Å². The van der Waals surface area contributed by atoms with Crippen LogP contribution in [-0.2, 0) is 129 Å². The molecule has 39 heteroatoms. The first-order chi connectivity index (χ1) is 61.8. The molecule has 0 aliphatic rings. The van der Waals surface area contributed by atoms with E-state index in [1.54, 1.807) is 42.5 Å². The van der Waals surface area contributed by atoms with E-state index in [9.17, 15) is 49.5 Å². The minimum Gasteiger partial charge on any atom is -0.489 e. The molecule has 0 fully saturated rings. The van der Waals surface area contributed by atoms with Crippen LogP contribution in [-0.4, -0.2) is 395 Å². The van der Waals surface area contributed by atoms with Gasteiger partial charge in [0.05, 0.1) is 259 Å². The standard InChI is InChI=1S/C91H153N3O36/c1-87(2,3)126-51-40-112-29-24-107-35-46-118-77-59-72(58-76(117-45-34-106-23-22-105-21-20-95)85(77)121-49-38-110-27-32-115-43-54-129-90(10,11)12)68-123-74-56-71(70-125-84(104)67-94(66-83(102)103)19-17-92(63-80(96)97)16-18-93(64-81(98)99)65-82(100)101)57-75(62-74)124-69-73-60-78(119-47-36-108-25-30-113-41-52-127-88(4,5)6)86(122-50-39-111-28-33-116-44-55-130-91(13,14)15)79(61-73)120-48-37-109-26-31-114-42-53-128-89(7,8)9/h56-62,95H,16-55,63-70H2,1-15H3,(H,96,97)(H,98,99)(H,100,101)(H,102,103). The highest BCUT2D eigenvalue weighted by Gasteiger charge is 2.25. The Hall–Kier alpha value is -7.43. The molecule has 3 rings (SSSR count). The average Bonchev–Trinajstić information content (AvgIpc) is 0.821. The van der Waals surface area contributed by atoms with E-state index >= 15 is 0 Å². The number of hydrogen-bond donors (Lipinski definition) is 5. The summed E-state index contributed by atoms with van der Waals surface area (Å²) in [6.07, 6.45) is 0. The van der Waals surface area contributed by atoms with Crippen molar-refractivity contribution in [2.45, 2.75) is 152 Å². The molecule has 748 valence electrons. The van der Waals surface area contributed by atoms with Crippen LogP contribution in [0.1, 0.15) is 121 Å². The Morgan fingerprint density at radius 2 is 0.462 bits per heavy atom. The maximum absolute atomic E-state index is 14.0. The molecule has 0 aromatic heterocycles. The molecule has 3 aromatic carbocycles. The van der Waals surface area contributed by atoms with Gasteiger partial charge in [-0.2, -0.15) is 0 Å². The number of hydrogen-bond acceptors (Lipinski definition) is 35. The summed E-state index contributed by atoms with van der Waals surface area (Å²) in [6, 6.07) is 11.8. The van der Waals surface area contributed by atoms with Gasteiger partial charge in [-0.3, -0.25) is 38.7 Å². The van der Waals surface area contributed by atoms with Gasteiger partial charge in [-0.05, 0) is 157 Å². The van der Waals surface area contributed by atoms with Crippen molar-refractivity contribution in [1.29, 1.82) is 0 Å². The van der Waals surface area contributed by atoms with Gasteiger partial charge in [0.2, 0.25) is 11.5 Å². The third-order valence-electron chi connectivity index (χ3n) is 16.7. The molecule has 0 unspecified atom stereocenters. The molecule has 5 N–H and O–H groups in total. The number of benzene rings is 3. The molecular formula is C91H153N3O36. The fourth-order valence-electron chi connectivity index (χ4n) is 11.1. The molecule has 0 radical (unpaired) electrons. The van der Waals surface area contributed by atoms with Crippen molar-refractivity contribution in [3.63, 3.8) is 0 Å². The number of aliphatic hydroxyl groups is 1. The molecule has 39 nitrogen and oxygen atoms in total. The van der Waals surface area contributed by atoms with Crippen molar-refractivity contribution in [2.75, 3.05) is 297 Å². The van der Waals surface area contributed by atoms with Gasteiger partial charge < -0.3 is 149 Å². The lowest BCUT2D eigenvalue weighted by Crippen LogP contribution is -2.45. The van der Waals surface area contributed by atoms with E-state index in [0.717, 1.165) is 4.90 Å². The second-order valence-corrected chi connectivity index (χ2v) is 34.1. The number of carboxylic acids is 4. The van der Waals surface area contributed by atoms with E-state index in [1.807, 2.05) is 104 Å². The van der Waals surface area contributed by atoms with Gasteiger partial charge in [0.25, 0.3) is 0 Å². The number of esters is 1. The van der Waals surface area contributed by atoms with Crippen LogP contribution in [0.3, 0.4) is 0 Å². The Morgan fingerprint density at radius 3 is 0.715 bits per heavy atom. The average molecular weight is 1870 g/mol. The first-order valence-corrected chi connectivity index (χ1v) is 44.3. The van der Waals surface area contributed by atoms with Crippen molar-refractivity contribution < 1.29 is 173 Å². The molecule has 0 saturated heterocycles. The lowest BCUT2D eigenvalue weighted by atomic mass is 10.1. The molecular weight excluding hydrogens is 1710 g/mol. The third kappa shape index (κ3) is 66.0. The summed E-state index contributed by atoms with van der Waals surface area (Å²) in [5, 5.41) is 48.0. The van der Waals surface area contributed by atoms with Crippen LogP contribution >= 0.6 is 0 Å². The summed E-state index contributed by atoms with van der Waals surface area (Å²) in [5.41, 5.74) is -0.172. The second kappa shape index (κ2) is 68.5. The SMILES string of the molecule is CC(C)(C)OCCOCCOCCOc1cc(COc2cc(COC(=O)CN(CCN(CCN(CC(=O)O)CC(=O)O)CC(=O)O)CC(=O)O)cc(OCc3cc(OCCOCCOCCOC(C)(C)C)c(OCCOCCOCCOC(C)(C)C)c(OCCOCCOCCOC(C)(C)C)c3)c2)cc(OCCOCCOCCO)c1OCCOCCOCCOC(C)(C)C. The van der Waals surface area contributed by atoms with Crippen LogP contribution < -0.4 is 37.9 Å². The maximum Gasteiger partial charge on any atom is 0.320 e. The number of aliphatic hydroxyl groups excluding tert-OH is 1. The number of carbonyl (C=O) groups excluding carboxylic acids is 1. The number of carbonyl (C=O) groups is 5. The van der Waals surface area contributed by atoms with E-state index in [-0.39, 0.29) is 252 Å². The van der Waals surface area contributed by atoms with Crippen LogP contribution in [0.4, 0.5) is 0 Å². The summed E-state index contributed by atoms with van der Waals surface area (Å²) >= 11 is 0. The van der Waals surface area contributed by atoms with Gasteiger partial charge in [-0.15, -0.1) is 0 Å². The zero-order chi connectivity index (χ0) is 95.7. The van der Waals surface area contributed by atoms with Gasteiger partial charge in [-0.1, -0.05) is 0 Å². The Balaban J connectivity index is 2.22. The van der Waals surface area contributed by atoms with E-state index in [0.29, 0.717) is 116 Å². The smallest absolute Gasteiger partial charge is 0.320 e. The largest absolute Gasteiger partial charge is 0.489 e.